The Hall–Kier alpha value is -2.24. The Kier molecular flexibility index (Phi) is 8.92. The van der Waals surface area contributed by atoms with Gasteiger partial charge in [0.05, 0.1) is 12.7 Å². The molecule has 5 nitrogen and oxygen atoms in total. The van der Waals surface area contributed by atoms with Crippen molar-refractivity contribution in [2.75, 3.05) is 18.1 Å². The maximum absolute atomic E-state index is 13.0. The van der Waals surface area contributed by atoms with Crippen LogP contribution in [0.1, 0.15) is 75.8 Å². The van der Waals surface area contributed by atoms with E-state index < -0.39 is 46.9 Å². The summed E-state index contributed by atoms with van der Waals surface area (Å²) in [7, 11) is -1.44. The van der Waals surface area contributed by atoms with E-state index in [1.165, 1.54) is 0 Å². The standard InChI is InChI=1S/C32H39F5O5S/c1-28-21-30(29(42-30,20-24(28)10-15-27(28)39)22-6-11-25(38)12-7-22)23-8-13-26(14-9-23)41-17-3-2-4-18-43(40)19-5-16-31(33,34)32(35,36)37/h6-9,11-14,24,27,38-39H,2-5,10,15-21H2,1H3/t24-,27-,28-,29+,30-,43?/m0/s1. The lowest BCUT2D eigenvalue weighted by molar-refractivity contribution is -0.284. The molecule has 6 atom stereocenters. The van der Waals surface area contributed by atoms with E-state index in [0.717, 1.165) is 30.4 Å². The summed E-state index contributed by atoms with van der Waals surface area (Å²) in [4.78, 5) is 0. The summed E-state index contributed by atoms with van der Waals surface area (Å²) in [6.45, 7) is 2.59. The zero-order valence-corrected chi connectivity index (χ0v) is 25.0. The molecule has 0 amide bonds. The Balaban J connectivity index is 1.11. The Bertz CT molecular complexity index is 1290. The van der Waals surface area contributed by atoms with Crippen molar-refractivity contribution < 1.29 is 45.8 Å². The molecule has 11 heteroatoms. The first-order valence-corrected chi connectivity index (χ1v) is 16.4. The number of alkyl halides is 5. The Labute approximate surface area is 251 Å². The van der Waals surface area contributed by atoms with Crippen molar-refractivity contribution in [1.82, 2.24) is 0 Å². The van der Waals surface area contributed by atoms with Crippen LogP contribution >= 0.6 is 0 Å². The third-order valence-electron chi connectivity index (χ3n) is 9.82. The molecule has 238 valence electrons. The number of benzene rings is 2. The second-order valence-corrected chi connectivity index (χ2v) is 14.3. The molecule has 1 unspecified atom stereocenters. The van der Waals surface area contributed by atoms with Gasteiger partial charge in [0, 0.05) is 28.7 Å². The van der Waals surface area contributed by atoms with E-state index >= 15 is 0 Å². The predicted octanol–water partition coefficient (Wildman–Crippen LogP) is 7.36. The van der Waals surface area contributed by atoms with Crippen LogP contribution in [0.25, 0.3) is 0 Å². The molecule has 2 aromatic carbocycles. The second kappa shape index (κ2) is 11.9. The summed E-state index contributed by atoms with van der Waals surface area (Å²) in [6.07, 6.45) is -2.57. The van der Waals surface area contributed by atoms with E-state index in [-0.39, 0.29) is 28.8 Å². The van der Waals surface area contributed by atoms with Crippen LogP contribution in [-0.2, 0) is 26.7 Å². The zero-order chi connectivity index (χ0) is 31.1. The first-order valence-electron chi connectivity index (χ1n) is 14.9. The highest BCUT2D eigenvalue weighted by Crippen LogP contribution is 2.75. The molecule has 3 aliphatic rings. The maximum atomic E-state index is 13.0. The minimum Gasteiger partial charge on any atom is -0.508 e. The summed E-state index contributed by atoms with van der Waals surface area (Å²) >= 11 is 0. The van der Waals surface area contributed by atoms with Crippen LogP contribution in [0.3, 0.4) is 0 Å². The molecule has 0 radical (unpaired) electrons. The number of ether oxygens (including phenoxy) is 2. The van der Waals surface area contributed by atoms with Crippen LogP contribution in [0, 0.1) is 11.3 Å². The molecule has 0 aromatic heterocycles. The van der Waals surface area contributed by atoms with Crippen molar-refractivity contribution >= 4 is 10.8 Å². The van der Waals surface area contributed by atoms with Gasteiger partial charge in [0.25, 0.3) is 0 Å². The zero-order valence-electron chi connectivity index (χ0n) is 24.2. The monoisotopic (exact) mass is 630 g/mol. The molecule has 43 heavy (non-hydrogen) atoms. The van der Waals surface area contributed by atoms with Gasteiger partial charge in [-0.05, 0) is 98.1 Å². The predicted molar refractivity (Wildman–Crippen MR) is 153 cm³/mol. The molecular formula is C32H39F5O5S. The number of halogens is 5. The van der Waals surface area contributed by atoms with Gasteiger partial charge in [-0.15, -0.1) is 0 Å². The quantitative estimate of drug-likeness (QED) is 0.137. The molecule has 0 spiro atoms. The summed E-state index contributed by atoms with van der Waals surface area (Å²) in [5.74, 6) is -3.44. The van der Waals surface area contributed by atoms with E-state index in [1.807, 2.05) is 36.4 Å². The number of fused-ring (bicyclic) bond motifs is 2. The number of phenolic OH excluding ortho intramolecular Hbond substituents is 1. The van der Waals surface area contributed by atoms with Crippen LogP contribution in [0.5, 0.6) is 11.5 Å². The lowest BCUT2D eigenvalue weighted by atomic mass is 9.58. The first kappa shape index (κ1) is 32.2. The van der Waals surface area contributed by atoms with Gasteiger partial charge < -0.3 is 19.7 Å². The molecule has 2 saturated carbocycles. The number of rotatable bonds is 13. The number of hydrogen-bond acceptors (Lipinski definition) is 5. The minimum atomic E-state index is -5.57. The smallest absolute Gasteiger partial charge is 0.453 e. The number of aliphatic hydroxyl groups excluding tert-OH is 1. The van der Waals surface area contributed by atoms with Crippen LogP contribution in [0.15, 0.2) is 48.5 Å². The van der Waals surface area contributed by atoms with Gasteiger partial charge in [-0.25, -0.2) is 0 Å². The molecule has 2 N–H and O–H groups in total. The third kappa shape index (κ3) is 6.18. The van der Waals surface area contributed by atoms with Gasteiger partial charge in [-0.3, -0.25) is 4.21 Å². The minimum absolute atomic E-state index is 0.174. The highest BCUT2D eigenvalue weighted by molar-refractivity contribution is 7.84. The molecule has 5 rings (SSSR count). The fraction of sp³-hybridized carbons (Fsp3) is 0.625. The number of phenols is 1. The molecular weight excluding hydrogens is 591 g/mol. The van der Waals surface area contributed by atoms with Crippen LogP contribution < -0.4 is 4.74 Å². The van der Waals surface area contributed by atoms with Crippen molar-refractivity contribution in [3.05, 3.63) is 59.7 Å². The van der Waals surface area contributed by atoms with Crippen molar-refractivity contribution in [2.24, 2.45) is 11.3 Å². The fourth-order valence-electron chi connectivity index (χ4n) is 7.21. The van der Waals surface area contributed by atoms with Gasteiger partial charge >= 0.3 is 12.1 Å². The Morgan fingerprint density at radius 1 is 0.907 bits per heavy atom. The van der Waals surface area contributed by atoms with Crippen LogP contribution in [0.2, 0.25) is 0 Å². The lowest BCUT2D eigenvalue weighted by Gasteiger charge is -2.43. The molecule has 2 aromatic rings. The number of hydrogen-bond donors (Lipinski definition) is 2. The van der Waals surface area contributed by atoms with Crippen molar-refractivity contribution in [2.45, 2.75) is 94.1 Å². The molecule has 1 heterocycles. The van der Waals surface area contributed by atoms with E-state index in [0.29, 0.717) is 44.0 Å². The van der Waals surface area contributed by atoms with E-state index in [4.69, 9.17) is 9.47 Å². The average Bonchev–Trinajstić information content (AvgIpc) is 3.53. The topological polar surface area (TPSA) is 79.3 Å². The Morgan fingerprint density at radius 3 is 2.21 bits per heavy atom. The summed E-state index contributed by atoms with van der Waals surface area (Å²) in [5.41, 5.74) is 0.689. The maximum Gasteiger partial charge on any atom is 0.453 e. The number of aliphatic hydroxyl groups is 1. The number of aromatic hydroxyl groups is 1. The van der Waals surface area contributed by atoms with Gasteiger partial charge in [-0.1, -0.05) is 31.2 Å². The van der Waals surface area contributed by atoms with Crippen LogP contribution in [0.4, 0.5) is 22.0 Å². The largest absolute Gasteiger partial charge is 0.508 e. The summed E-state index contributed by atoms with van der Waals surface area (Å²) in [6, 6.07) is 15.0. The molecule has 3 fully saturated rings. The molecule has 2 aliphatic carbocycles. The molecule has 0 bridgehead atoms. The first-order chi connectivity index (χ1) is 20.2. The Morgan fingerprint density at radius 2 is 1.53 bits per heavy atom. The third-order valence-corrected chi connectivity index (χ3v) is 11.3. The molecule has 1 saturated heterocycles. The van der Waals surface area contributed by atoms with Crippen molar-refractivity contribution in [3.8, 4) is 11.5 Å². The lowest BCUT2D eigenvalue weighted by Crippen LogP contribution is -2.44. The fourth-order valence-corrected chi connectivity index (χ4v) is 8.41. The summed E-state index contributed by atoms with van der Waals surface area (Å²) < 4.78 is 87.2. The summed E-state index contributed by atoms with van der Waals surface area (Å²) in [5, 5.41) is 20.8. The van der Waals surface area contributed by atoms with Crippen LogP contribution in [-0.4, -0.2) is 50.7 Å². The normalized spacial score (nSPS) is 30.9. The van der Waals surface area contributed by atoms with Gasteiger partial charge in [0.2, 0.25) is 0 Å². The van der Waals surface area contributed by atoms with Crippen molar-refractivity contribution in [1.29, 1.82) is 0 Å². The number of epoxide rings is 1. The van der Waals surface area contributed by atoms with Gasteiger partial charge in [-0.2, -0.15) is 22.0 Å². The molecule has 1 aliphatic heterocycles. The van der Waals surface area contributed by atoms with Gasteiger partial charge in [0.1, 0.15) is 22.7 Å². The number of unbranched alkanes of at least 4 members (excludes halogenated alkanes) is 2. The van der Waals surface area contributed by atoms with E-state index in [9.17, 15) is 36.4 Å². The average molecular weight is 631 g/mol. The second-order valence-electron chi connectivity index (χ2n) is 12.6. The SMILES string of the molecule is C[C@]12C[C@@]3(c4ccc(OCCCCCS(=O)CCCC(F)(F)C(F)(F)F)cc4)O[C@@]3(c3ccc(O)cc3)C[C@@H]1CC[C@@H]2O. The van der Waals surface area contributed by atoms with Crippen molar-refractivity contribution in [3.63, 3.8) is 0 Å². The highest BCUT2D eigenvalue weighted by atomic mass is 32.2. The van der Waals surface area contributed by atoms with E-state index in [1.54, 1.807) is 12.1 Å². The van der Waals surface area contributed by atoms with Gasteiger partial charge in [0.15, 0.2) is 0 Å². The van der Waals surface area contributed by atoms with E-state index in [2.05, 4.69) is 6.92 Å². The highest BCUT2D eigenvalue weighted by Gasteiger charge is 2.78.